The zero-order valence-corrected chi connectivity index (χ0v) is 11.4. The third-order valence-electron chi connectivity index (χ3n) is 2.58. The number of carbonyl (C=O) groups excluding carboxylic acids is 2. The van der Waals surface area contributed by atoms with Gasteiger partial charge in [-0.3, -0.25) is 9.59 Å². The SMILES string of the molecule is CCOC(=O)CN(C(=O)c1cccc(O)c1)C(C)C. The summed E-state index contributed by atoms with van der Waals surface area (Å²) in [6.45, 7) is 5.54. The van der Waals surface area contributed by atoms with Crippen LogP contribution in [0.5, 0.6) is 5.75 Å². The van der Waals surface area contributed by atoms with Gasteiger partial charge in [-0.05, 0) is 39.0 Å². The quantitative estimate of drug-likeness (QED) is 0.824. The van der Waals surface area contributed by atoms with Crippen LogP contribution in [0.1, 0.15) is 31.1 Å². The molecule has 104 valence electrons. The minimum atomic E-state index is -0.440. The molecule has 5 nitrogen and oxygen atoms in total. The monoisotopic (exact) mass is 265 g/mol. The number of rotatable bonds is 5. The molecule has 0 heterocycles. The Labute approximate surface area is 112 Å². The fraction of sp³-hybridized carbons (Fsp3) is 0.429. The van der Waals surface area contributed by atoms with E-state index in [-0.39, 0.29) is 30.9 Å². The molecule has 0 aliphatic carbocycles. The standard InChI is InChI=1S/C14H19NO4/c1-4-19-13(17)9-15(10(2)3)14(18)11-6-5-7-12(16)8-11/h5-8,10,16H,4,9H2,1-3H3. The Kier molecular flexibility index (Phi) is 5.36. The van der Waals surface area contributed by atoms with E-state index in [9.17, 15) is 14.7 Å². The molecule has 0 aliphatic heterocycles. The van der Waals surface area contributed by atoms with E-state index in [1.54, 1.807) is 19.1 Å². The van der Waals surface area contributed by atoms with E-state index >= 15 is 0 Å². The Bertz CT molecular complexity index is 457. The molecule has 0 saturated heterocycles. The average molecular weight is 265 g/mol. The topological polar surface area (TPSA) is 66.8 Å². The lowest BCUT2D eigenvalue weighted by atomic mass is 10.1. The van der Waals surface area contributed by atoms with Crippen molar-refractivity contribution in [2.75, 3.05) is 13.2 Å². The van der Waals surface area contributed by atoms with Crippen molar-refractivity contribution in [1.82, 2.24) is 4.90 Å². The number of phenolic OH excluding ortho intramolecular Hbond substituents is 1. The number of esters is 1. The molecule has 1 rings (SSSR count). The van der Waals surface area contributed by atoms with Crippen LogP contribution in [-0.4, -0.2) is 41.1 Å². The normalized spacial score (nSPS) is 10.3. The summed E-state index contributed by atoms with van der Waals surface area (Å²) in [6.07, 6.45) is 0. The fourth-order valence-corrected chi connectivity index (χ4v) is 1.64. The largest absolute Gasteiger partial charge is 0.508 e. The van der Waals surface area contributed by atoms with E-state index in [0.29, 0.717) is 5.56 Å². The Balaban J connectivity index is 2.87. The minimum Gasteiger partial charge on any atom is -0.508 e. The van der Waals surface area contributed by atoms with Gasteiger partial charge in [-0.25, -0.2) is 0 Å². The zero-order valence-electron chi connectivity index (χ0n) is 11.4. The number of nitrogens with zero attached hydrogens (tertiary/aromatic N) is 1. The van der Waals surface area contributed by atoms with E-state index < -0.39 is 5.97 Å². The number of hydrogen-bond donors (Lipinski definition) is 1. The van der Waals surface area contributed by atoms with Gasteiger partial charge in [-0.15, -0.1) is 0 Å². The number of phenols is 1. The molecule has 1 N–H and O–H groups in total. The number of ether oxygens (including phenoxy) is 1. The maximum absolute atomic E-state index is 12.3. The molecule has 0 atom stereocenters. The molecular formula is C14H19NO4. The van der Waals surface area contributed by atoms with E-state index in [0.717, 1.165) is 0 Å². The summed E-state index contributed by atoms with van der Waals surface area (Å²) < 4.78 is 4.85. The molecular weight excluding hydrogens is 246 g/mol. The maximum Gasteiger partial charge on any atom is 0.325 e. The number of carbonyl (C=O) groups is 2. The van der Waals surface area contributed by atoms with Crippen LogP contribution < -0.4 is 0 Å². The van der Waals surface area contributed by atoms with Gasteiger partial charge in [0, 0.05) is 11.6 Å². The lowest BCUT2D eigenvalue weighted by Crippen LogP contribution is -2.41. The summed E-state index contributed by atoms with van der Waals surface area (Å²) in [5, 5.41) is 9.39. The zero-order chi connectivity index (χ0) is 14.4. The van der Waals surface area contributed by atoms with Crippen LogP contribution in [0.25, 0.3) is 0 Å². The Morgan fingerprint density at radius 1 is 1.37 bits per heavy atom. The third kappa shape index (κ3) is 4.28. The predicted molar refractivity (Wildman–Crippen MR) is 70.9 cm³/mol. The van der Waals surface area contributed by atoms with Crippen molar-refractivity contribution in [2.24, 2.45) is 0 Å². The van der Waals surface area contributed by atoms with Gasteiger partial charge in [-0.2, -0.15) is 0 Å². The van der Waals surface area contributed by atoms with Gasteiger partial charge in [0.2, 0.25) is 0 Å². The van der Waals surface area contributed by atoms with Gasteiger partial charge in [0.15, 0.2) is 0 Å². The second-order valence-corrected chi connectivity index (χ2v) is 4.38. The molecule has 0 bridgehead atoms. The molecule has 0 saturated carbocycles. The Hall–Kier alpha value is -2.04. The van der Waals surface area contributed by atoms with E-state index in [1.807, 2.05) is 13.8 Å². The van der Waals surface area contributed by atoms with Crippen LogP contribution in [0.3, 0.4) is 0 Å². The summed E-state index contributed by atoms with van der Waals surface area (Å²) in [6, 6.07) is 5.91. The molecule has 0 unspecified atom stereocenters. The lowest BCUT2D eigenvalue weighted by molar-refractivity contribution is -0.144. The van der Waals surface area contributed by atoms with Crippen LogP contribution in [0.15, 0.2) is 24.3 Å². The summed E-state index contributed by atoms with van der Waals surface area (Å²) in [5.41, 5.74) is 0.345. The first-order valence-corrected chi connectivity index (χ1v) is 6.21. The molecule has 0 aliphatic rings. The number of aromatic hydroxyl groups is 1. The second-order valence-electron chi connectivity index (χ2n) is 4.38. The van der Waals surface area contributed by atoms with Gasteiger partial charge < -0.3 is 14.7 Å². The van der Waals surface area contributed by atoms with Gasteiger partial charge in [0.25, 0.3) is 5.91 Å². The van der Waals surface area contributed by atoms with Crippen LogP contribution in [0.2, 0.25) is 0 Å². The summed E-state index contributed by atoms with van der Waals surface area (Å²) in [5.74, 6) is -0.727. The van der Waals surface area contributed by atoms with Crippen molar-refractivity contribution in [3.63, 3.8) is 0 Å². The highest BCUT2D eigenvalue weighted by Crippen LogP contribution is 2.14. The molecule has 1 aromatic carbocycles. The van der Waals surface area contributed by atoms with Crippen LogP contribution in [-0.2, 0) is 9.53 Å². The first kappa shape index (κ1) is 15.0. The highest BCUT2D eigenvalue weighted by molar-refractivity contribution is 5.96. The number of hydrogen-bond acceptors (Lipinski definition) is 4. The molecule has 0 aromatic heterocycles. The van der Waals surface area contributed by atoms with E-state index in [4.69, 9.17) is 4.74 Å². The van der Waals surface area contributed by atoms with Crippen molar-refractivity contribution < 1.29 is 19.4 Å². The first-order valence-electron chi connectivity index (χ1n) is 6.21. The van der Waals surface area contributed by atoms with Crippen molar-refractivity contribution >= 4 is 11.9 Å². The van der Waals surface area contributed by atoms with Crippen molar-refractivity contribution in [1.29, 1.82) is 0 Å². The van der Waals surface area contributed by atoms with Gasteiger partial charge in [-0.1, -0.05) is 6.07 Å². The van der Waals surface area contributed by atoms with Crippen LogP contribution in [0.4, 0.5) is 0 Å². The summed E-state index contributed by atoms with van der Waals surface area (Å²) >= 11 is 0. The Morgan fingerprint density at radius 2 is 2.05 bits per heavy atom. The van der Waals surface area contributed by atoms with E-state index in [1.165, 1.54) is 17.0 Å². The summed E-state index contributed by atoms with van der Waals surface area (Å²) in [4.78, 5) is 25.2. The smallest absolute Gasteiger partial charge is 0.325 e. The van der Waals surface area contributed by atoms with Gasteiger partial charge in [0.1, 0.15) is 12.3 Å². The maximum atomic E-state index is 12.3. The summed E-state index contributed by atoms with van der Waals surface area (Å²) in [7, 11) is 0. The van der Waals surface area contributed by atoms with Crippen molar-refractivity contribution in [3.8, 4) is 5.75 Å². The molecule has 1 amide bonds. The minimum absolute atomic E-state index is 0.0192. The predicted octanol–water partition coefficient (Wildman–Crippen LogP) is 1.81. The first-order chi connectivity index (χ1) is 8.95. The molecule has 1 aromatic rings. The number of amides is 1. The van der Waals surface area contributed by atoms with Gasteiger partial charge in [0.05, 0.1) is 6.61 Å². The van der Waals surface area contributed by atoms with Crippen molar-refractivity contribution in [3.05, 3.63) is 29.8 Å². The lowest BCUT2D eigenvalue weighted by Gasteiger charge is -2.25. The molecule has 5 heteroatoms. The highest BCUT2D eigenvalue weighted by atomic mass is 16.5. The highest BCUT2D eigenvalue weighted by Gasteiger charge is 2.22. The second kappa shape index (κ2) is 6.78. The third-order valence-corrected chi connectivity index (χ3v) is 2.58. The van der Waals surface area contributed by atoms with Crippen molar-refractivity contribution in [2.45, 2.75) is 26.8 Å². The van der Waals surface area contributed by atoms with Crippen LogP contribution >= 0.6 is 0 Å². The Morgan fingerprint density at radius 3 is 2.58 bits per heavy atom. The molecule has 0 spiro atoms. The number of benzene rings is 1. The average Bonchev–Trinajstić information content (AvgIpc) is 2.35. The molecule has 19 heavy (non-hydrogen) atoms. The molecule has 0 radical (unpaired) electrons. The van der Waals surface area contributed by atoms with Crippen LogP contribution in [0, 0.1) is 0 Å². The molecule has 0 fully saturated rings. The van der Waals surface area contributed by atoms with E-state index in [2.05, 4.69) is 0 Å². The fourth-order valence-electron chi connectivity index (χ4n) is 1.64. The van der Waals surface area contributed by atoms with Gasteiger partial charge >= 0.3 is 5.97 Å².